The van der Waals surface area contributed by atoms with E-state index in [1.165, 1.54) is 0 Å². The monoisotopic (exact) mass is 254 g/mol. The molecule has 3 heteroatoms. The lowest BCUT2D eigenvalue weighted by Crippen LogP contribution is -2.14. The fraction of sp³-hybridized carbons (Fsp3) is 0.364. The van der Waals surface area contributed by atoms with E-state index in [0.29, 0.717) is 0 Å². The molecule has 0 aliphatic heterocycles. The van der Waals surface area contributed by atoms with Gasteiger partial charge in [-0.15, -0.1) is 0 Å². The predicted octanol–water partition coefficient (Wildman–Crippen LogP) is 2.90. The van der Waals surface area contributed by atoms with Crippen LogP contribution in [0, 0.1) is 0 Å². The van der Waals surface area contributed by atoms with Gasteiger partial charge in [0.25, 0.3) is 0 Å². The first kappa shape index (κ1) is 11.4. The van der Waals surface area contributed by atoms with E-state index in [-0.39, 0.29) is 0 Å². The van der Waals surface area contributed by atoms with Gasteiger partial charge in [0.1, 0.15) is 4.60 Å². The summed E-state index contributed by atoms with van der Waals surface area (Å²) < 4.78 is 0.894. The number of hydrogen-bond acceptors (Lipinski definition) is 2. The van der Waals surface area contributed by atoms with Crippen LogP contribution in [0.15, 0.2) is 35.0 Å². The third-order valence-corrected chi connectivity index (χ3v) is 2.24. The van der Waals surface area contributed by atoms with Gasteiger partial charge in [-0.25, -0.2) is 4.98 Å². The summed E-state index contributed by atoms with van der Waals surface area (Å²) in [6, 6.07) is 5.96. The number of aromatic nitrogens is 1. The van der Waals surface area contributed by atoms with E-state index in [9.17, 15) is 0 Å². The van der Waals surface area contributed by atoms with Crippen LogP contribution in [0.1, 0.15) is 19.0 Å². The molecule has 1 rings (SSSR count). The van der Waals surface area contributed by atoms with Crippen molar-refractivity contribution in [3.63, 3.8) is 0 Å². The highest BCUT2D eigenvalue weighted by atomic mass is 79.9. The number of pyridine rings is 1. The van der Waals surface area contributed by atoms with E-state index in [0.717, 1.165) is 29.8 Å². The highest BCUT2D eigenvalue weighted by Crippen LogP contribution is 2.05. The fourth-order valence-electron chi connectivity index (χ4n) is 1.12. The maximum atomic E-state index is 4.33. The molecule has 0 unspecified atom stereocenters. The molecule has 1 heterocycles. The summed E-state index contributed by atoms with van der Waals surface area (Å²) in [6.07, 6.45) is 5.30. The van der Waals surface area contributed by atoms with Gasteiger partial charge in [0, 0.05) is 6.54 Å². The minimum absolute atomic E-state index is 0.830. The Kier molecular flexibility index (Phi) is 5.49. The average Bonchev–Trinajstić information content (AvgIpc) is 2.18. The first-order valence-corrected chi connectivity index (χ1v) is 5.55. The lowest BCUT2D eigenvalue weighted by atomic mass is 10.3. The molecule has 76 valence electrons. The molecule has 1 N–H and O–H groups in total. The van der Waals surface area contributed by atoms with Crippen molar-refractivity contribution in [1.82, 2.24) is 10.3 Å². The van der Waals surface area contributed by atoms with Gasteiger partial charge in [0.2, 0.25) is 0 Å². The summed E-state index contributed by atoms with van der Waals surface area (Å²) in [4.78, 5) is 4.33. The minimum Gasteiger partial charge on any atom is -0.311 e. The molecule has 0 saturated heterocycles. The summed E-state index contributed by atoms with van der Waals surface area (Å²) >= 11 is 3.35. The van der Waals surface area contributed by atoms with Gasteiger partial charge in [0.15, 0.2) is 0 Å². The summed E-state index contributed by atoms with van der Waals surface area (Å²) in [6.45, 7) is 3.87. The van der Waals surface area contributed by atoms with Crippen molar-refractivity contribution in [3.05, 3.63) is 40.6 Å². The van der Waals surface area contributed by atoms with E-state index in [4.69, 9.17) is 0 Å². The molecule has 14 heavy (non-hydrogen) atoms. The Morgan fingerprint density at radius 3 is 3.07 bits per heavy atom. The normalized spacial score (nSPS) is 11.0. The molecular formula is C11H15BrN2. The van der Waals surface area contributed by atoms with Crippen LogP contribution in [0.25, 0.3) is 0 Å². The average molecular weight is 255 g/mol. The van der Waals surface area contributed by atoms with Crippen molar-refractivity contribution >= 4 is 15.9 Å². The number of halogens is 1. The van der Waals surface area contributed by atoms with E-state index in [1.807, 2.05) is 25.1 Å². The van der Waals surface area contributed by atoms with E-state index < -0.39 is 0 Å². The Morgan fingerprint density at radius 1 is 1.50 bits per heavy atom. The quantitative estimate of drug-likeness (QED) is 0.497. The first-order valence-electron chi connectivity index (χ1n) is 4.76. The van der Waals surface area contributed by atoms with Crippen LogP contribution in [-0.2, 0) is 6.54 Å². The molecule has 0 radical (unpaired) electrons. The van der Waals surface area contributed by atoms with E-state index >= 15 is 0 Å². The molecule has 0 bridgehead atoms. The van der Waals surface area contributed by atoms with Gasteiger partial charge in [0.05, 0.1) is 5.69 Å². The fourth-order valence-corrected chi connectivity index (χ4v) is 1.50. The van der Waals surface area contributed by atoms with Crippen LogP contribution in [0.2, 0.25) is 0 Å². The Morgan fingerprint density at radius 2 is 2.36 bits per heavy atom. The van der Waals surface area contributed by atoms with Crippen LogP contribution >= 0.6 is 15.9 Å². The predicted molar refractivity (Wildman–Crippen MR) is 63.1 cm³/mol. The Bertz CT molecular complexity index is 297. The standard InChI is InChI=1S/C11H15BrN2/c1-2-3-4-8-13-9-10-6-5-7-11(12)14-10/h2-3,5-7,13H,4,8-9H2,1H3/b3-2+. The van der Waals surface area contributed by atoms with E-state index in [2.05, 4.69) is 38.4 Å². The Hall–Kier alpha value is -0.670. The second-order valence-electron chi connectivity index (χ2n) is 2.99. The lowest BCUT2D eigenvalue weighted by Gasteiger charge is -2.02. The minimum atomic E-state index is 0.830. The molecule has 0 aromatic carbocycles. The van der Waals surface area contributed by atoms with Crippen LogP contribution < -0.4 is 5.32 Å². The maximum absolute atomic E-state index is 4.33. The van der Waals surface area contributed by atoms with Gasteiger partial charge < -0.3 is 5.32 Å². The highest BCUT2D eigenvalue weighted by Gasteiger charge is 1.93. The maximum Gasteiger partial charge on any atom is 0.106 e. The zero-order valence-corrected chi connectivity index (χ0v) is 9.92. The van der Waals surface area contributed by atoms with E-state index in [1.54, 1.807) is 0 Å². The van der Waals surface area contributed by atoms with Crippen LogP contribution in [-0.4, -0.2) is 11.5 Å². The third-order valence-electron chi connectivity index (χ3n) is 1.80. The lowest BCUT2D eigenvalue weighted by molar-refractivity contribution is 0.681. The summed E-state index contributed by atoms with van der Waals surface area (Å²) in [5, 5.41) is 3.33. The topological polar surface area (TPSA) is 24.9 Å². The molecule has 0 saturated carbocycles. The summed E-state index contributed by atoms with van der Waals surface area (Å²) in [5.74, 6) is 0. The largest absolute Gasteiger partial charge is 0.311 e. The van der Waals surface area contributed by atoms with Crippen molar-refractivity contribution in [2.45, 2.75) is 19.9 Å². The number of nitrogens with zero attached hydrogens (tertiary/aromatic N) is 1. The molecule has 0 aliphatic rings. The molecular weight excluding hydrogens is 240 g/mol. The molecule has 0 aliphatic carbocycles. The summed E-state index contributed by atoms with van der Waals surface area (Å²) in [7, 11) is 0. The van der Waals surface area contributed by atoms with Gasteiger partial charge in [-0.2, -0.15) is 0 Å². The SMILES string of the molecule is C/C=C/CCNCc1cccc(Br)n1. The van der Waals surface area contributed by atoms with Gasteiger partial charge in [-0.05, 0) is 48.0 Å². The Labute approximate surface area is 93.6 Å². The molecule has 1 aromatic heterocycles. The zero-order chi connectivity index (χ0) is 10.2. The number of allylic oxidation sites excluding steroid dienone is 1. The van der Waals surface area contributed by atoms with Crippen molar-refractivity contribution < 1.29 is 0 Å². The molecule has 2 nitrogen and oxygen atoms in total. The van der Waals surface area contributed by atoms with Crippen molar-refractivity contribution in [1.29, 1.82) is 0 Å². The number of rotatable bonds is 5. The van der Waals surface area contributed by atoms with Crippen molar-refractivity contribution in [2.75, 3.05) is 6.54 Å². The second kappa shape index (κ2) is 6.74. The van der Waals surface area contributed by atoms with Crippen LogP contribution in [0.3, 0.4) is 0 Å². The van der Waals surface area contributed by atoms with Crippen LogP contribution in [0.5, 0.6) is 0 Å². The number of nitrogens with one attached hydrogen (secondary N) is 1. The number of hydrogen-bond donors (Lipinski definition) is 1. The smallest absolute Gasteiger partial charge is 0.106 e. The van der Waals surface area contributed by atoms with Crippen molar-refractivity contribution in [3.8, 4) is 0 Å². The zero-order valence-electron chi connectivity index (χ0n) is 8.33. The molecule has 0 atom stereocenters. The van der Waals surface area contributed by atoms with Crippen LogP contribution in [0.4, 0.5) is 0 Å². The van der Waals surface area contributed by atoms with Gasteiger partial charge in [-0.3, -0.25) is 0 Å². The molecule has 0 spiro atoms. The Balaban J connectivity index is 2.24. The summed E-state index contributed by atoms with van der Waals surface area (Å²) in [5.41, 5.74) is 1.07. The molecule has 0 fully saturated rings. The van der Waals surface area contributed by atoms with Crippen molar-refractivity contribution in [2.24, 2.45) is 0 Å². The van der Waals surface area contributed by atoms with Gasteiger partial charge in [-0.1, -0.05) is 18.2 Å². The molecule has 0 amide bonds. The highest BCUT2D eigenvalue weighted by molar-refractivity contribution is 9.10. The third kappa shape index (κ3) is 4.53. The second-order valence-corrected chi connectivity index (χ2v) is 3.80. The van der Waals surface area contributed by atoms with Gasteiger partial charge >= 0.3 is 0 Å². The molecule has 1 aromatic rings. The first-order chi connectivity index (χ1) is 6.83.